The van der Waals surface area contributed by atoms with Gasteiger partial charge in [-0.05, 0) is 39.5 Å². The fraction of sp³-hybridized carbons (Fsp3) is 0. The lowest BCUT2D eigenvalue weighted by Gasteiger charge is -2.03. The van der Waals surface area contributed by atoms with E-state index in [0.29, 0.717) is 15.3 Å². The van der Waals surface area contributed by atoms with E-state index in [0.717, 1.165) is 15.2 Å². The van der Waals surface area contributed by atoms with Crippen LogP contribution >= 0.6 is 50.7 Å². The minimum atomic E-state index is 0.363. The number of halogens is 4. The van der Waals surface area contributed by atoms with E-state index >= 15 is 0 Å². The van der Waals surface area contributed by atoms with Gasteiger partial charge in [-0.1, -0.05) is 34.8 Å². The number of nitrogens with zero attached hydrogens (tertiary/aromatic N) is 1. The molecule has 0 aliphatic rings. The van der Waals surface area contributed by atoms with Crippen LogP contribution in [0.4, 0.5) is 0 Å². The van der Waals surface area contributed by atoms with Gasteiger partial charge in [0.1, 0.15) is 10.3 Å². The lowest BCUT2D eigenvalue weighted by atomic mass is 10.2. The molecular formula is C9H3BrCl3N. The van der Waals surface area contributed by atoms with Gasteiger partial charge in [-0.3, -0.25) is 0 Å². The Morgan fingerprint density at radius 3 is 2.50 bits per heavy atom. The molecule has 0 unspecified atom stereocenters. The fourth-order valence-corrected chi connectivity index (χ4v) is 2.20. The van der Waals surface area contributed by atoms with Gasteiger partial charge in [0.25, 0.3) is 0 Å². The first-order chi connectivity index (χ1) is 6.58. The van der Waals surface area contributed by atoms with Crippen molar-refractivity contribution in [3.8, 4) is 0 Å². The fourth-order valence-electron chi connectivity index (χ4n) is 1.17. The average molecular weight is 311 g/mol. The van der Waals surface area contributed by atoms with Crippen LogP contribution in [0.5, 0.6) is 0 Å². The van der Waals surface area contributed by atoms with Gasteiger partial charge in [-0.2, -0.15) is 0 Å². The molecule has 0 saturated heterocycles. The molecule has 0 aliphatic heterocycles. The number of fused-ring (bicyclic) bond motifs is 1. The molecule has 0 fully saturated rings. The van der Waals surface area contributed by atoms with Crippen molar-refractivity contribution < 1.29 is 0 Å². The maximum Gasteiger partial charge on any atom is 0.138 e. The summed E-state index contributed by atoms with van der Waals surface area (Å²) in [4.78, 5) is 3.93. The molecule has 2 rings (SSSR count). The molecule has 1 nitrogen and oxygen atoms in total. The van der Waals surface area contributed by atoms with Crippen molar-refractivity contribution in [1.29, 1.82) is 0 Å². The second-order valence-electron chi connectivity index (χ2n) is 2.72. The second-order valence-corrected chi connectivity index (χ2v) is 4.73. The van der Waals surface area contributed by atoms with E-state index in [1.54, 1.807) is 12.1 Å². The molecule has 0 saturated carbocycles. The van der Waals surface area contributed by atoms with Crippen LogP contribution < -0.4 is 0 Å². The Morgan fingerprint density at radius 1 is 1.07 bits per heavy atom. The van der Waals surface area contributed by atoms with Crippen LogP contribution in [-0.4, -0.2) is 4.98 Å². The minimum absolute atomic E-state index is 0.363. The standard InChI is InChI=1S/C9H3BrCl3N/c10-6-1-4-2-8(12)14-9(13)5(4)3-7(6)11/h1-3H. The summed E-state index contributed by atoms with van der Waals surface area (Å²) >= 11 is 20.9. The monoisotopic (exact) mass is 309 g/mol. The summed E-state index contributed by atoms with van der Waals surface area (Å²) in [5, 5.41) is 3.04. The lowest BCUT2D eigenvalue weighted by Crippen LogP contribution is -1.82. The van der Waals surface area contributed by atoms with Crippen molar-refractivity contribution in [2.75, 3.05) is 0 Å². The Hall–Kier alpha value is -0.0200. The molecule has 0 atom stereocenters. The van der Waals surface area contributed by atoms with Gasteiger partial charge in [0.05, 0.1) is 5.02 Å². The van der Waals surface area contributed by atoms with Crippen LogP contribution in [0.15, 0.2) is 22.7 Å². The first-order valence-electron chi connectivity index (χ1n) is 3.69. The topological polar surface area (TPSA) is 12.9 Å². The van der Waals surface area contributed by atoms with Gasteiger partial charge in [-0.25, -0.2) is 4.98 Å². The van der Waals surface area contributed by atoms with Crippen molar-refractivity contribution in [2.24, 2.45) is 0 Å². The Balaban J connectivity index is 2.89. The number of hydrogen-bond acceptors (Lipinski definition) is 1. The highest BCUT2D eigenvalue weighted by molar-refractivity contribution is 9.10. The zero-order chi connectivity index (χ0) is 10.3. The normalized spacial score (nSPS) is 10.9. The van der Waals surface area contributed by atoms with Gasteiger partial charge in [0.2, 0.25) is 0 Å². The highest BCUT2D eigenvalue weighted by Crippen LogP contribution is 2.32. The Labute approximate surface area is 104 Å². The number of aromatic nitrogens is 1. The average Bonchev–Trinajstić information content (AvgIpc) is 2.08. The lowest BCUT2D eigenvalue weighted by molar-refractivity contribution is 1.36. The molecule has 1 aromatic heterocycles. The Bertz CT molecular complexity index is 513. The molecule has 72 valence electrons. The molecular weight excluding hydrogens is 308 g/mol. The first-order valence-corrected chi connectivity index (χ1v) is 5.61. The van der Waals surface area contributed by atoms with E-state index in [2.05, 4.69) is 20.9 Å². The Kier molecular flexibility index (Phi) is 2.89. The van der Waals surface area contributed by atoms with Crippen molar-refractivity contribution in [3.63, 3.8) is 0 Å². The highest BCUT2D eigenvalue weighted by Gasteiger charge is 2.06. The van der Waals surface area contributed by atoms with Crippen LogP contribution in [-0.2, 0) is 0 Å². The molecule has 0 radical (unpaired) electrons. The van der Waals surface area contributed by atoms with Gasteiger partial charge in [-0.15, -0.1) is 0 Å². The van der Waals surface area contributed by atoms with Crippen LogP contribution in [0.2, 0.25) is 15.3 Å². The SMILES string of the molecule is Clc1cc2cc(Br)c(Cl)cc2c(Cl)n1. The number of pyridine rings is 1. The third-order valence-corrected chi connectivity index (χ3v) is 3.47. The van der Waals surface area contributed by atoms with E-state index in [4.69, 9.17) is 34.8 Å². The Morgan fingerprint density at radius 2 is 1.79 bits per heavy atom. The van der Waals surface area contributed by atoms with Crippen LogP contribution in [0.3, 0.4) is 0 Å². The third-order valence-electron chi connectivity index (χ3n) is 1.79. The van der Waals surface area contributed by atoms with Crippen LogP contribution in [0, 0.1) is 0 Å². The maximum atomic E-state index is 5.93. The summed E-state index contributed by atoms with van der Waals surface area (Å²) in [5.41, 5.74) is 0. The highest BCUT2D eigenvalue weighted by atomic mass is 79.9. The maximum absolute atomic E-state index is 5.93. The summed E-state index contributed by atoms with van der Waals surface area (Å²) in [6.07, 6.45) is 0. The van der Waals surface area contributed by atoms with Gasteiger partial charge >= 0.3 is 0 Å². The van der Waals surface area contributed by atoms with E-state index < -0.39 is 0 Å². The summed E-state index contributed by atoms with van der Waals surface area (Å²) in [6, 6.07) is 5.35. The van der Waals surface area contributed by atoms with E-state index in [9.17, 15) is 0 Å². The number of benzene rings is 1. The molecule has 14 heavy (non-hydrogen) atoms. The predicted molar refractivity (Wildman–Crippen MR) is 64.5 cm³/mol. The number of hydrogen-bond donors (Lipinski definition) is 0. The third kappa shape index (κ3) is 1.84. The molecule has 2 aromatic rings. The van der Waals surface area contributed by atoms with Crippen molar-refractivity contribution in [2.45, 2.75) is 0 Å². The van der Waals surface area contributed by atoms with Gasteiger partial charge in [0.15, 0.2) is 0 Å². The largest absolute Gasteiger partial charge is 0.224 e. The predicted octanol–water partition coefficient (Wildman–Crippen LogP) is 4.96. The summed E-state index contributed by atoms with van der Waals surface area (Å²) in [7, 11) is 0. The second kappa shape index (κ2) is 3.86. The van der Waals surface area contributed by atoms with Crippen molar-refractivity contribution in [1.82, 2.24) is 4.98 Å². The van der Waals surface area contributed by atoms with Crippen molar-refractivity contribution >= 4 is 61.5 Å². The van der Waals surface area contributed by atoms with Gasteiger partial charge < -0.3 is 0 Å². The molecule has 0 amide bonds. The molecule has 1 aromatic carbocycles. The molecule has 5 heteroatoms. The molecule has 0 N–H and O–H groups in total. The molecule has 0 aliphatic carbocycles. The van der Waals surface area contributed by atoms with Crippen LogP contribution in [0.1, 0.15) is 0 Å². The zero-order valence-electron chi connectivity index (χ0n) is 6.69. The van der Waals surface area contributed by atoms with Gasteiger partial charge in [0, 0.05) is 9.86 Å². The first kappa shape index (κ1) is 10.5. The summed E-state index contributed by atoms with van der Waals surface area (Å²) < 4.78 is 0.810. The molecule has 1 heterocycles. The molecule has 0 bridgehead atoms. The summed E-state index contributed by atoms with van der Waals surface area (Å²) in [6.45, 7) is 0. The number of rotatable bonds is 0. The van der Waals surface area contributed by atoms with E-state index in [1.807, 2.05) is 6.07 Å². The minimum Gasteiger partial charge on any atom is -0.224 e. The quantitative estimate of drug-likeness (QED) is 0.627. The van der Waals surface area contributed by atoms with E-state index in [-0.39, 0.29) is 0 Å². The van der Waals surface area contributed by atoms with E-state index in [1.165, 1.54) is 0 Å². The van der Waals surface area contributed by atoms with Crippen LogP contribution in [0.25, 0.3) is 10.8 Å². The smallest absolute Gasteiger partial charge is 0.138 e. The summed E-state index contributed by atoms with van der Waals surface area (Å²) in [5.74, 6) is 0. The molecule has 0 spiro atoms. The zero-order valence-corrected chi connectivity index (χ0v) is 10.5. The van der Waals surface area contributed by atoms with Crippen molar-refractivity contribution in [3.05, 3.63) is 38.0 Å².